The van der Waals surface area contributed by atoms with Crippen LogP contribution < -0.4 is 11.1 Å². The first-order valence-corrected chi connectivity index (χ1v) is 8.39. The zero-order valence-electron chi connectivity index (χ0n) is 11.1. The highest BCUT2D eigenvalue weighted by molar-refractivity contribution is 9.10. The summed E-state index contributed by atoms with van der Waals surface area (Å²) in [6, 6.07) is 13.0. The van der Waals surface area contributed by atoms with Crippen LogP contribution in [0.15, 0.2) is 51.8 Å². The van der Waals surface area contributed by atoms with E-state index in [0.717, 1.165) is 14.9 Å². The van der Waals surface area contributed by atoms with Gasteiger partial charge in [0.15, 0.2) is 0 Å². The summed E-state index contributed by atoms with van der Waals surface area (Å²) < 4.78 is 0.945. The van der Waals surface area contributed by atoms with E-state index in [1.165, 1.54) is 11.8 Å². The predicted molar refractivity (Wildman–Crippen MR) is 92.6 cm³/mol. The predicted octanol–water partition coefficient (Wildman–Crippen LogP) is 4.09. The van der Waals surface area contributed by atoms with Crippen LogP contribution >= 0.6 is 39.3 Å². The number of amides is 1. The Morgan fingerprint density at radius 3 is 2.67 bits per heavy atom. The Labute approximate surface area is 141 Å². The normalized spacial score (nSPS) is 10.4. The molecule has 0 saturated heterocycles. The van der Waals surface area contributed by atoms with Crippen molar-refractivity contribution in [3.8, 4) is 0 Å². The molecule has 0 aliphatic carbocycles. The lowest BCUT2D eigenvalue weighted by Gasteiger charge is -2.07. The Morgan fingerprint density at radius 1 is 1.24 bits per heavy atom. The summed E-state index contributed by atoms with van der Waals surface area (Å²) in [6.45, 7) is 0.491. The Bertz CT molecular complexity index is 634. The molecule has 0 fully saturated rings. The zero-order valence-corrected chi connectivity index (χ0v) is 14.3. The Balaban J connectivity index is 1.82. The molecule has 0 heterocycles. The van der Waals surface area contributed by atoms with E-state index in [4.69, 9.17) is 17.3 Å². The van der Waals surface area contributed by atoms with Crippen LogP contribution in [0.25, 0.3) is 0 Å². The number of carbonyl (C=O) groups is 1. The number of carbonyl (C=O) groups excluding carboxylic acids is 1. The van der Waals surface area contributed by atoms with Gasteiger partial charge in [-0.1, -0.05) is 39.7 Å². The molecule has 110 valence electrons. The second kappa shape index (κ2) is 7.73. The molecular formula is C15H14BrClN2OS. The lowest BCUT2D eigenvalue weighted by atomic mass is 10.2. The molecular weight excluding hydrogens is 372 g/mol. The maximum Gasteiger partial charge on any atom is 0.230 e. The Hall–Kier alpha value is -1.17. The molecule has 0 aliphatic heterocycles. The molecule has 2 aromatic rings. The number of rotatable bonds is 5. The molecule has 0 spiro atoms. The van der Waals surface area contributed by atoms with E-state index in [1.54, 1.807) is 12.1 Å². The average molecular weight is 386 g/mol. The fourth-order valence-corrected chi connectivity index (χ4v) is 3.10. The van der Waals surface area contributed by atoms with Crippen molar-refractivity contribution < 1.29 is 4.79 Å². The monoisotopic (exact) mass is 384 g/mol. The van der Waals surface area contributed by atoms with Gasteiger partial charge in [-0.05, 0) is 35.9 Å². The van der Waals surface area contributed by atoms with Crippen LogP contribution in [0.1, 0.15) is 5.56 Å². The molecule has 0 radical (unpaired) electrons. The minimum Gasteiger partial charge on any atom is -0.398 e. The van der Waals surface area contributed by atoms with Gasteiger partial charge in [-0.2, -0.15) is 0 Å². The van der Waals surface area contributed by atoms with E-state index < -0.39 is 0 Å². The topological polar surface area (TPSA) is 55.1 Å². The van der Waals surface area contributed by atoms with Crippen LogP contribution in [0.3, 0.4) is 0 Å². The van der Waals surface area contributed by atoms with E-state index in [1.807, 2.05) is 30.3 Å². The zero-order chi connectivity index (χ0) is 15.2. The van der Waals surface area contributed by atoms with Crippen LogP contribution in [0, 0.1) is 0 Å². The summed E-state index contributed by atoms with van der Waals surface area (Å²) in [5, 5.41) is 3.55. The Kier molecular flexibility index (Phi) is 5.96. The third-order valence-electron chi connectivity index (χ3n) is 2.74. The van der Waals surface area contributed by atoms with Gasteiger partial charge >= 0.3 is 0 Å². The number of nitrogen functional groups attached to an aromatic ring is 1. The number of halogens is 2. The van der Waals surface area contributed by atoms with Crippen LogP contribution in [0.2, 0.25) is 5.02 Å². The summed E-state index contributed by atoms with van der Waals surface area (Å²) in [6.07, 6.45) is 0. The summed E-state index contributed by atoms with van der Waals surface area (Å²) >= 11 is 10.6. The van der Waals surface area contributed by atoms with E-state index in [-0.39, 0.29) is 5.91 Å². The number of thioether (sulfide) groups is 1. The van der Waals surface area contributed by atoms with Gasteiger partial charge < -0.3 is 11.1 Å². The molecule has 1 amide bonds. The first kappa shape index (κ1) is 16.2. The van der Waals surface area contributed by atoms with Gasteiger partial charge in [0.05, 0.1) is 5.75 Å². The quantitative estimate of drug-likeness (QED) is 0.602. The number of benzene rings is 2. The third-order valence-corrected chi connectivity index (χ3v) is 4.55. The highest BCUT2D eigenvalue weighted by Crippen LogP contribution is 2.28. The van der Waals surface area contributed by atoms with Gasteiger partial charge in [0, 0.05) is 26.6 Å². The van der Waals surface area contributed by atoms with Gasteiger partial charge in [0.2, 0.25) is 5.91 Å². The van der Waals surface area contributed by atoms with Gasteiger partial charge in [-0.25, -0.2) is 0 Å². The Morgan fingerprint density at radius 2 is 1.95 bits per heavy atom. The van der Waals surface area contributed by atoms with Crippen LogP contribution in [-0.2, 0) is 11.3 Å². The summed E-state index contributed by atoms with van der Waals surface area (Å²) in [5.74, 6) is 0.295. The maximum atomic E-state index is 11.8. The molecule has 2 rings (SSSR count). The molecule has 3 nitrogen and oxygen atoms in total. The van der Waals surface area contributed by atoms with Gasteiger partial charge in [-0.3, -0.25) is 4.79 Å². The van der Waals surface area contributed by atoms with Gasteiger partial charge in [0.25, 0.3) is 0 Å². The van der Waals surface area contributed by atoms with Gasteiger partial charge in [0.1, 0.15) is 0 Å². The molecule has 6 heteroatoms. The molecule has 0 bridgehead atoms. The van der Waals surface area contributed by atoms with Crippen molar-refractivity contribution in [2.45, 2.75) is 11.4 Å². The lowest BCUT2D eigenvalue weighted by molar-refractivity contribution is -0.118. The second-order valence-corrected chi connectivity index (χ2v) is 6.74. The third kappa shape index (κ3) is 5.26. The van der Waals surface area contributed by atoms with Crippen molar-refractivity contribution in [2.24, 2.45) is 0 Å². The number of hydrogen-bond donors (Lipinski definition) is 2. The molecule has 0 saturated carbocycles. The maximum absolute atomic E-state index is 11.8. The highest BCUT2D eigenvalue weighted by Gasteiger charge is 2.06. The smallest absolute Gasteiger partial charge is 0.230 e. The van der Waals surface area contributed by atoms with E-state index in [2.05, 4.69) is 21.2 Å². The fraction of sp³-hybridized carbons (Fsp3) is 0.133. The number of nitrogens with one attached hydrogen (secondary N) is 1. The fourth-order valence-electron chi connectivity index (χ4n) is 1.63. The number of hydrogen-bond acceptors (Lipinski definition) is 3. The minimum atomic E-state index is -0.0330. The molecule has 0 unspecified atom stereocenters. The lowest BCUT2D eigenvalue weighted by Crippen LogP contribution is -2.24. The standard InChI is InChI=1S/C15H14BrClN2OS/c16-11-3-6-13(18)14(7-11)21-9-15(20)19-8-10-1-4-12(17)5-2-10/h1-7H,8-9,18H2,(H,19,20). The number of nitrogens with two attached hydrogens (primary N) is 1. The molecule has 21 heavy (non-hydrogen) atoms. The summed E-state index contributed by atoms with van der Waals surface area (Å²) in [5.41, 5.74) is 7.56. The highest BCUT2D eigenvalue weighted by atomic mass is 79.9. The van der Waals surface area contributed by atoms with Crippen molar-refractivity contribution in [1.82, 2.24) is 5.32 Å². The minimum absolute atomic E-state index is 0.0330. The molecule has 0 aromatic heterocycles. The van der Waals surface area contributed by atoms with Gasteiger partial charge in [-0.15, -0.1) is 11.8 Å². The summed E-state index contributed by atoms with van der Waals surface area (Å²) in [7, 11) is 0. The van der Waals surface area contributed by atoms with Crippen LogP contribution in [0.5, 0.6) is 0 Å². The SMILES string of the molecule is Nc1ccc(Br)cc1SCC(=O)NCc1ccc(Cl)cc1. The largest absolute Gasteiger partial charge is 0.398 e. The van der Waals surface area contributed by atoms with E-state index >= 15 is 0 Å². The van der Waals surface area contributed by atoms with Crippen molar-refractivity contribution in [2.75, 3.05) is 11.5 Å². The van der Waals surface area contributed by atoms with E-state index in [9.17, 15) is 4.79 Å². The molecule has 2 aromatic carbocycles. The van der Waals surface area contributed by atoms with Crippen molar-refractivity contribution >= 4 is 50.9 Å². The summed E-state index contributed by atoms with van der Waals surface area (Å²) in [4.78, 5) is 12.7. The van der Waals surface area contributed by atoms with Crippen LogP contribution in [-0.4, -0.2) is 11.7 Å². The first-order chi connectivity index (χ1) is 10.0. The van der Waals surface area contributed by atoms with Crippen LogP contribution in [0.4, 0.5) is 5.69 Å². The molecule has 0 atom stereocenters. The molecule has 0 aliphatic rings. The molecule has 3 N–H and O–H groups in total. The average Bonchev–Trinajstić information content (AvgIpc) is 2.47. The number of anilines is 1. The van der Waals surface area contributed by atoms with E-state index in [0.29, 0.717) is 23.0 Å². The second-order valence-electron chi connectivity index (χ2n) is 4.37. The van der Waals surface area contributed by atoms with Crippen molar-refractivity contribution in [1.29, 1.82) is 0 Å². The van der Waals surface area contributed by atoms with Crippen molar-refractivity contribution in [3.63, 3.8) is 0 Å². The first-order valence-electron chi connectivity index (χ1n) is 6.23. The van der Waals surface area contributed by atoms with Crippen molar-refractivity contribution in [3.05, 3.63) is 57.5 Å².